The van der Waals surface area contributed by atoms with Crippen LogP contribution in [0.4, 0.5) is 4.79 Å². The number of hydrogen-bond acceptors (Lipinski definition) is 3. The number of carbonyl (C=O) groups excluding carboxylic acids is 2. The second-order valence-corrected chi connectivity index (χ2v) is 7.26. The van der Waals surface area contributed by atoms with Crippen molar-refractivity contribution in [2.24, 2.45) is 5.92 Å². The molecule has 1 fully saturated rings. The van der Waals surface area contributed by atoms with E-state index >= 15 is 0 Å². The molecule has 26 heavy (non-hydrogen) atoms. The molecule has 6 nitrogen and oxygen atoms in total. The predicted molar refractivity (Wildman–Crippen MR) is 102 cm³/mol. The standard InChI is InChI=1S/C20H31N3O3/c1-15(2)9-12-26-18-6-4-5-17(13-18)7-10-21-20(25)23-11-8-19(24)22-14-16(23)3/h4-6,13,15-16H,7-12,14H2,1-3H3,(H,21,25)(H,22,24)/t16-/m1/s1. The van der Waals surface area contributed by atoms with Crippen molar-refractivity contribution in [1.82, 2.24) is 15.5 Å². The number of carbonyl (C=O) groups is 2. The van der Waals surface area contributed by atoms with Crippen LogP contribution in [-0.4, -0.2) is 49.1 Å². The maximum Gasteiger partial charge on any atom is 0.317 e. The first kappa shape index (κ1) is 20.1. The molecule has 144 valence electrons. The van der Waals surface area contributed by atoms with Gasteiger partial charge in [-0.1, -0.05) is 26.0 Å². The van der Waals surface area contributed by atoms with Gasteiger partial charge in [0.15, 0.2) is 0 Å². The summed E-state index contributed by atoms with van der Waals surface area (Å²) in [5.41, 5.74) is 1.13. The zero-order valence-electron chi connectivity index (χ0n) is 16.1. The van der Waals surface area contributed by atoms with E-state index in [0.29, 0.717) is 32.0 Å². The van der Waals surface area contributed by atoms with Crippen LogP contribution in [0.5, 0.6) is 5.75 Å². The van der Waals surface area contributed by atoms with Crippen molar-refractivity contribution >= 4 is 11.9 Å². The average molecular weight is 361 g/mol. The van der Waals surface area contributed by atoms with E-state index in [1.54, 1.807) is 4.90 Å². The molecule has 0 bridgehead atoms. The zero-order chi connectivity index (χ0) is 18.9. The Morgan fingerprint density at radius 2 is 2.23 bits per heavy atom. The Morgan fingerprint density at radius 3 is 3.00 bits per heavy atom. The number of rotatable bonds is 7. The highest BCUT2D eigenvalue weighted by Gasteiger charge is 2.24. The molecule has 0 aromatic heterocycles. The van der Waals surface area contributed by atoms with Crippen molar-refractivity contribution in [3.05, 3.63) is 29.8 Å². The van der Waals surface area contributed by atoms with Gasteiger partial charge in [-0.3, -0.25) is 4.79 Å². The number of hydrogen-bond donors (Lipinski definition) is 2. The molecule has 2 rings (SSSR count). The minimum Gasteiger partial charge on any atom is -0.494 e. The minimum absolute atomic E-state index is 0.000801. The number of nitrogens with one attached hydrogen (secondary N) is 2. The molecule has 0 radical (unpaired) electrons. The van der Waals surface area contributed by atoms with Crippen LogP contribution in [0.25, 0.3) is 0 Å². The molecule has 0 aliphatic carbocycles. The van der Waals surface area contributed by atoms with Crippen molar-refractivity contribution < 1.29 is 14.3 Å². The molecule has 0 saturated carbocycles. The first-order chi connectivity index (χ1) is 12.5. The van der Waals surface area contributed by atoms with Crippen molar-refractivity contribution in [1.29, 1.82) is 0 Å². The van der Waals surface area contributed by atoms with Gasteiger partial charge in [-0.05, 0) is 43.4 Å². The van der Waals surface area contributed by atoms with Gasteiger partial charge in [-0.15, -0.1) is 0 Å². The summed E-state index contributed by atoms with van der Waals surface area (Å²) < 4.78 is 5.78. The lowest BCUT2D eigenvalue weighted by atomic mass is 10.1. The Morgan fingerprint density at radius 1 is 1.42 bits per heavy atom. The summed E-state index contributed by atoms with van der Waals surface area (Å²) in [5, 5.41) is 5.77. The van der Waals surface area contributed by atoms with E-state index in [0.717, 1.165) is 30.8 Å². The molecule has 1 saturated heterocycles. The monoisotopic (exact) mass is 361 g/mol. The van der Waals surface area contributed by atoms with Gasteiger partial charge >= 0.3 is 6.03 Å². The molecule has 3 amide bonds. The zero-order valence-corrected chi connectivity index (χ0v) is 16.1. The predicted octanol–water partition coefficient (Wildman–Crippen LogP) is 2.57. The number of amides is 3. The number of benzene rings is 1. The van der Waals surface area contributed by atoms with Crippen LogP contribution in [0.2, 0.25) is 0 Å². The summed E-state index contributed by atoms with van der Waals surface area (Å²) in [6, 6.07) is 7.90. The van der Waals surface area contributed by atoms with Crippen LogP contribution in [-0.2, 0) is 11.2 Å². The SMILES string of the molecule is CC(C)CCOc1cccc(CCNC(=O)N2CCC(=O)NC[C@H]2C)c1. The normalized spacial score (nSPS) is 17.6. The lowest BCUT2D eigenvalue weighted by molar-refractivity contribution is -0.120. The summed E-state index contributed by atoms with van der Waals surface area (Å²) in [6.07, 6.45) is 2.13. The molecule has 0 unspecified atom stereocenters. The Balaban J connectivity index is 1.78. The first-order valence-corrected chi connectivity index (χ1v) is 9.48. The molecule has 6 heteroatoms. The van der Waals surface area contributed by atoms with Gasteiger partial charge in [0.25, 0.3) is 0 Å². The third-order valence-corrected chi connectivity index (χ3v) is 4.52. The Bertz CT molecular complexity index is 604. The third-order valence-electron chi connectivity index (χ3n) is 4.52. The second-order valence-electron chi connectivity index (χ2n) is 7.26. The van der Waals surface area contributed by atoms with Gasteiger partial charge in [0, 0.05) is 32.1 Å². The fourth-order valence-corrected chi connectivity index (χ4v) is 2.82. The van der Waals surface area contributed by atoms with Crippen molar-refractivity contribution in [2.45, 2.75) is 46.1 Å². The van der Waals surface area contributed by atoms with E-state index < -0.39 is 0 Å². The van der Waals surface area contributed by atoms with Crippen LogP contribution in [0, 0.1) is 5.92 Å². The van der Waals surface area contributed by atoms with Crippen LogP contribution in [0.1, 0.15) is 39.2 Å². The fraction of sp³-hybridized carbons (Fsp3) is 0.600. The van der Waals surface area contributed by atoms with E-state index in [-0.39, 0.29) is 18.0 Å². The van der Waals surface area contributed by atoms with E-state index in [1.165, 1.54) is 0 Å². The van der Waals surface area contributed by atoms with Crippen molar-refractivity contribution in [3.63, 3.8) is 0 Å². The third kappa shape index (κ3) is 6.58. The highest BCUT2D eigenvalue weighted by molar-refractivity contribution is 5.79. The Kier molecular flexibility index (Phi) is 7.75. The molecule has 1 aromatic rings. The number of urea groups is 1. The molecular formula is C20H31N3O3. The summed E-state index contributed by atoms with van der Waals surface area (Å²) in [4.78, 5) is 25.6. The summed E-state index contributed by atoms with van der Waals surface area (Å²) in [7, 11) is 0. The summed E-state index contributed by atoms with van der Waals surface area (Å²) in [6.45, 7) is 8.54. The molecule has 2 N–H and O–H groups in total. The first-order valence-electron chi connectivity index (χ1n) is 9.48. The maximum atomic E-state index is 12.4. The average Bonchev–Trinajstić information content (AvgIpc) is 2.76. The van der Waals surface area contributed by atoms with E-state index in [9.17, 15) is 9.59 Å². The van der Waals surface area contributed by atoms with E-state index in [1.807, 2.05) is 31.2 Å². The van der Waals surface area contributed by atoms with Gasteiger partial charge in [0.1, 0.15) is 5.75 Å². The van der Waals surface area contributed by atoms with E-state index in [4.69, 9.17) is 4.74 Å². The van der Waals surface area contributed by atoms with Gasteiger partial charge in [0.05, 0.1) is 6.61 Å². The summed E-state index contributed by atoms with van der Waals surface area (Å²) >= 11 is 0. The van der Waals surface area contributed by atoms with Gasteiger partial charge < -0.3 is 20.3 Å². The maximum absolute atomic E-state index is 12.4. The van der Waals surface area contributed by atoms with Crippen LogP contribution < -0.4 is 15.4 Å². The molecule has 0 spiro atoms. The van der Waals surface area contributed by atoms with Gasteiger partial charge in [-0.2, -0.15) is 0 Å². The number of nitrogens with zero attached hydrogens (tertiary/aromatic N) is 1. The molecule has 1 aromatic carbocycles. The van der Waals surface area contributed by atoms with Gasteiger partial charge in [-0.25, -0.2) is 4.79 Å². The molecule has 1 atom stereocenters. The van der Waals surface area contributed by atoms with Crippen molar-refractivity contribution in [2.75, 3.05) is 26.2 Å². The lowest BCUT2D eigenvalue weighted by Crippen LogP contribution is -2.47. The molecule has 1 aliphatic heterocycles. The second kappa shape index (κ2) is 10.0. The molecule has 1 heterocycles. The fourth-order valence-electron chi connectivity index (χ4n) is 2.82. The van der Waals surface area contributed by atoms with Crippen LogP contribution in [0.3, 0.4) is 0 Å². The lowest BCUT2D eigenvalue weighted by Gasteiger charge is -2.26. The van der Waals surface area contributed by atoms with Crippen LogP contribution in [0.15, 0.2) is 24.3 Å². The Hall–Kier alpha value is -2.24. The quantitative estimate of drug-likeness (QED) is 0.784. The van der Waals surface area contributed by atoms with Crippen molar-refractivity contribution in [3.8, 4) is 5.75 Å². The topological polar surface area (TPSA) is 70.7 Å². The smallest absolute Gasteiger partial charge is 0.317 e. The number of ether oxygens (including phenoxy) is 1. The van der Waals surface area contributed by atoms with Crippen LogP contribution >= 0.6 is 0 Å². The largest absolute Gasteiger partial charge is 0.494 e. The minimum atomic E-state index is -0.113. The molecular weight excluding hydrogens is 330 g/mol. The summed E-state index contributed by atoms with van der Waals surface area (Å²) in [5.74, 6) is 1.50. The highest BCUT2D eigenvalue weighted by atomic mass is 16.5. The van der Waals surface area contributed by atoms with E-state index in [2.05, 4.69) is 24.5 Å². The van der Waals surface area contributed by atoms with Gasteiger partial charge in [0.2, 0.25) is 5.91 Å². The highest BCUT2D eigenvalue weighted by Crippen LogP contribution is 2.15. The molecule has 1 aliphatic rings. The Labute approximate surface area is 156 Å².